The number of para-hydroxylation sites is 1. The predicted molar refractivity (Wildman–Crippen MR) is 111 cm³/mol. The SMILES string of the molecule is CN(C)c1ccc(/C=C/c2ccc(N=Cc3ccccc3O)cc2)cc1. The Hall–Kier alpha value is -3.33. The van der Waals surface area contributed by atoms with Crippen LogP contribution in [-0.2, 0) is 0 Å². The maximum absolute atomic E-state index is 9.76. The molecule has 3 nitrogen and oxygen atoms in total. The standard InChI is InChI=1S/C23H22N2O/c1-25(2)22-15-11-19(12-16-22)8-7-18-9-13-21(14-10-18)24-17-20-5-3-4-6-23(20)26/h3-17,26H,1-2H3/b8-7+,24-17?. The summed E-state index contributed by atoms with van der Waals surface area (Å²) < 4.78 is 0. The smallest absolute Gasteiger partial charge is 0.124 e. The molecule has 0 bridgehead atoms. The first-order chi connectivity index (χ1) is 12.6. The second-order valence-electron chi connectivity index (χ2n) is 6.23. The highest BCUT2D eigenvalue weighted by Gasteiger charge is 1.96. The highest BCUT2D eigenvalue weighted by molar-refractivity contribution is 5.85. The molecule has 3 heteroatoms. The van der Waals surface area contributed by atoms with Crippen LogP contribution in [0, 0.1) is 0 Å². The van der Waals surface area contributed by atoms with Crippen molar-refractivity contribution in [1.29, 1.82) is 0 Å². The zero-order chi connectivity index (χ0) is 18.4. The summed E-state index contributed by atoms with van der Waals surface area (Å²) in [6.45, 7) is 0. The van der Waals surface area contributed by atoms with E-state index in [0.29, 0.717) is 5.56 Å². The van der Waals surface area contributed by atoms with Crippen molar-refractivity contribution in [2.24, 2.45) is 4.99 Å². The van der Waals surface area contributed by atoms with Crippen LogP contribution in [0.1, 0.15) is 16.7 Å². The Balaban J connectivity index is 1.66. The quantitative estimate of drug-likeness (QED) is 0.499. The van der Waals surface area contributed by atoms with Crippen molar-refractivity contribution >= 4 is 29.7 Å². The van der Waals surface area contributed by atoms with Crippen molar-refractivity contribution in [1.82, 2.24) is 0 Å². The lowest BCUT2D eigenvalue weighted by Gasteiger charge is -2.11. The van der Waals surface area contributed by atoms with Gasteiger partial charge in [0.2, 0.25) is 0 Å². The number of aromatic hydroxyl groups is 1. The molecule has 0 aliphatic rings. The summed E-state index contributed by atoms with van der Waals surface area (Å²) in [4.78, 5) is 6.49. The van der Waals surface area contributed by atoms with E-state index in [1.807, 2.05) is 50.5 Å². The second-order valence-corrected chi connectivity index (χ2v) is 6.23. The van der Waals surface area contributed by atoms with E-state index in [1.165, 1.54) is 5.69 Å². The minimum atomic E-state index is 0.232. The fourth-order valence-electron chi connectivity index (χ4n) is 2.49. The molecule has 0 aromatic heterocycles. The van der Waals surface area contributed by atoms with Gasteiger partial charge in [-0.3, -0.25) is 4.99 Å². The lowest BCUT2D eigenvalue weighted by atomic mass is 10.1. The monoisotopic (exact) mass is 342 g/mol. The molecule has 0 saturated carbocycles. The van der Waals surface area contributed by atoms with Crippen LogP contribution in [0.4, 0.5) is 11.4 Å². The number of benzene rings is 3. The Kier molecular flexibility index (Phi) is 5.49. The Morgan fingerprint density at radius 1 is 0.769 bits per heavy atom. The molecule has 3 aromatic carbocycles. The topological polar surface area (TPSA) is 35.8 Å². The van der Waals surface area contributed by atoms with Crippen molar-refractivity contribution in [3.63, 3.8) is 0 Å². The maximum Gasteiger partial charge on any atom is 0.124 e. The molecule has 3 rings (SSSR count). The van der Waals surface area contributed by atoms with Crippen LogP contribution >= 0.6 is 0 Å². The first-order valence-electron chi connectivity index (χ1n) is 8.49. The predicted octanol–water partition coefficient (Wildman–Crippen LogP) is 5.38. The van der Waals surface area contributed by atoms with Crippen molar-refractivity contribution < 1.29 is 5.11 Å². The largest absolute Gasteiger partial charge is 0.507 e. The number of phenols is 1. The van der Waals surface area contributed by atoms with E-state index >= 15 is 0 Å². The Labute approximate surface area is 154 Å². The highest BCUT2D eigenvalue weighted by atomic mass is 16.3. The fourth-order valence-corrected chi connectivity index (χ4v) is 2.49. The molecule has 0 unspecified atom stereocenters. The molecule has 0 atom stereocenters. The third-order valence-corrected chi connectivity index (χ3v) is 4.06. The van der Waals surface area contributed by atoms with Crippen LogP contribution < -0.4 is 4.90 Å². The van der Waals surface area contributed by atoms with Gasteiger partial charge in [0, 0.05) is 31.6 Å². The summed E-state index contributed by atoms with van der Waals surface area (Å²) in [6, 6.07) is 23.6. The van der Waals surface area contributed by atoms with Gasteiger partial charge in [0.25, 0.3) is 0 Å². The van der Waals surface area contributed by atoms with Gasteiger partial charge in [-0.1, -0.05) is 48.6 Å². The van der Waals surface area contributed by atoms with Gasteiger partial charge in [-0.15, -0.1) is 0 Å². The van der Waals surface area contributed by atoms with Crippen LogP contribution in [0.2, 0.25) is 0 Å². The minimum absolute atomic E-state index is 0.232. The van der Waals surface area contributed by atoms with E-state index in [9.17, 15) is 5.11 Å². The summed E-state index contributed by atoms with van der Waals surface area (Å²) in [5, 5.41) is 9.76. The van der Waals surface area contributed by atoms with Crippen LogP contribution in [0.25, 0.3) is 12.2 Å². The number of aliphatic imine (C=N–C) groups is 1. The molecule has 130 valence electrons. The molecular formula is C23H22N2O. The normalized spacial score (nSPS) is 11.3. The van der Waals surface area contributed by atoms with Gasteiger partial charge in [-0.25, -0.2) is 0 Å². The van der Waals surface area contributed by atoms with Gasteiger partial charge in [-0.05, 0) is 47.5 Å². The average Bonchev–Trinajstić information content (AvgIpc) is 2.67. The van der Waals surface area contributed by atoms with Gasteiger partial charge < -0.3 is 10.0 Å². The van der Waals surface area contributed by atoms with Gasteiger partial charge in [-0.2, -0.15) is 0 Å². The van der Waals surface area contributed by atoms with Crippen LogP contribution in [0.15, 0.2) is 77.8 Å². The molecule has 3 aromatic rings. The molecule has 0 amide bonds. The van der Waals surface area contributed by atoms with Crippen LogP contribution in [0.3, 0.4) is 0 Å². The van der Waals surface area contributed by atoms with Gasteiger partial charge in [0.1, 0.15) is 5.75 Å². The molecule has 0 aliphatic carbocycles. The van der Waals surface area contributed by atoms with Gasteiger partial charge >= 0.3 is 0 Å². The van der Waals surface area contributed by atoms with E-state index in [4.69, 9.17) is 0 Å². The third-order valence-electron chi connectivity index (χ3n) is 4.06. The van der Waals surface area contributed by atoms with Crippen molar-refractivity contribution in [3.8, 4) is 5.75 Å². The number of hydrogen-bond donors (Lipinski definition) is 1. The van der Waals surface area contributed by atoms with E-state index in [-0.39, 0.29) is 5.75 Å². The summed E-state index contributed by atoms with van der Waals surface area (Å²) in [5.41, 5.74) is 5.02. The molecule has 0 saturated heterocycles. The molecule has 0 radical (unpaired) electrons. The van der Waals surface area contributed by atoms with E-state index < -0.39 is 0 Å². The molecule has 26 heavy (non-hydrogen) atoms. The van der Waals surface area contributed by atoms with E-state index in [2.05, 4.69) is 46.3 Å². The number of nitrogens with zero attached hydrogens (tertiary/aromatic N) is 2. The zero-order valence-corrected chi connectivity index (χ0v) is 15.0. The van der Waals surface area contributed by atoms with E-state index in [0.717, 1.165) is 16.8 Å². The Morgan fingerprint density at radius 3 is 1.92 bits per heavy atom. The summed E-state index contributed by atoms with van der Waals surface area (Å²) in [6.07, 6.45) is 5.85. The number of anilines is 1. The first kappa shape index (κ1) is 17.5. The lowest BCUT2D eigenvalue weighted by molar-refractivity contribution is 0.474. The van der Waals surface area contributed by atoms with E-state index in [1.54, 1.807) is 18.3 Å². The minimum Gasteiger partial charge on any atom is -0.507 e. The number of rotatable bonds is 5. The maximum atomic E-state index is 9.76. The molecule has 1 N–H and O–H groups in total. The Morgan fingerprint density at radius 2 is 1.35 bits per heavy atom. The lowest BCUT2D eigenvalue weighted by Crippen LogP contribution is -2.07. The van der Waals surface area contributed by atoms with Crippen molar-refractivity contribution in [3.05, 3.63) is 89.5 Å². The fraction of sp³-hybridized carbons (Fsp3) is 0.0870. The van der Waals surface area contributed by atoms with Crippen molar-refractivity contribution in [2.75, 3.05) is 19.0 Å². The summed E-state index contributed by atoms with van der Waals surface area (Å²) in [7, 11) is 4.07. The molecular weight excluding hydrogens is 320 g/mol. The zero-order valence-electron chi connectivity index (χ0n) is 15.0. The molecule has 0 heterocycles. The molecule has 0 fully saturated rings. The molecule has 0 aliphatic heterocycles. The van der Waals surface area contributed by atoms with Gasteiger partial charge in [0.15, 0.2) is 0 Å². The first-order valence-corrected chi connectivity index (χ1v) is 8.49. The Bertz CT molecular complexity index is 908. The number of phenolic OH excluding ortho intramolecular Hbond substituents is 1. The average molecular weight is 342 g/mol. The van der Waals surface area contributed by atoms with Gasteiger partial charge in [0.05, 0.1) is 5.69 Å². The van der Waals surface area contributed by atoms with Crippen LogP contribution in [-0.4, -0.2) is 25.4 Å². The summed E-state index contributed by atoms with van der Waals surface area (Å²) >= 11 is 0. The second kappa shape index (κ2) is 8.17. The third kappa shape index (κ3) is 4.61. The van der Waals surface area contributed by atoms with Crippen LogP contribution in [0.5, 0.6) is 5.75 Å². The van der Waals surface area contributed by atoms with Crippen molar-refractivity contribution in [2.45, 2.75) is 0 Å². The molecule has 0 spiro atoms. The summed E-state index contributed by atoms with van der Waals surface area (Å²) in [5.74, 6) is 0.232. The highest BCUT2D eigenvalue weighted by Crippen LogP contribution is 2.18. The number of hydrogen-bond acceptors (Lipinski definition) is 3.